The Balaban J connectivity index is 2.01. The van der Waals surface area contributed by atoms with Crippen LogP contribution in [-0.2, 0) is 4.74 Å². The van der Waals surface area contributed by atoms with Crippen molar-refractivity contribution in [3.63, 3.8) is 0 Å². The van der Waals surface area contributed by atoms with Gasteiger partial charge in [-0.25, -0.2) is 0 Å². The summed E-state index contributed by atoms with van der Waals surface area (Å²) in [7, 11) is 0. The summed E-state index contributed by atoms with van der Waals surface area (Å²) in [5.41, 5.74) is 0. The zero-order valence-corrected chi connectivity index (χ0v) is 11.0. The first-order valence-electron chi connectivity index (χ1n) is 6.64. The van der Waals surface area contributed by atoms with Gasteiger partial charge >= 0.3 is 0 Å². The van der Waals surface area contributed by atoms with Gasteiger partial charge in [-0.05, 0) is 44.6 Å². The SMILES string of the molecule is CC(C)COCC(C)NCC1CC=CCC1. The van der Waals surface area contributed by atoms with Crippen LogP contribution in [0.15, 0.2) is 12.2 Å². The Labute approximate surface area is 100 Å². The molecule has 0 radical (unpaired) electrons. The van der Waals surface area contributed by atoms with Crippen LogP contribution >= 0.6 is 0 Å². The molecule has 0 spiro atoms. The van der Waals surface area contributed by atoms with Crippen LogP contribution in [-0.4, -0.2) is 25.8 Å². The molecule has 0 saturated carbocycles. The van der Waals surface area contributed by atoms with Crippen molar-refractivity contribution in [2.75, 3.05) is 19.8 Å². The van der Waals surface area contributed by atoms with E-state index in [0.29, 0.717) is 12.0 Å². The summed E-state index contributed by atoms with van der Waals surface area (Å²) in [6, 6.07) is 0.477. The fourth-order valence-electron chi connectivity index (χ4n) is 1.95. The first kappa shape index (κ1) is 13.7. The molecule has 0 fully saturated rings. The van der Waals surface area contributed by atoms with Crippen molar-refractivity contribution in [3.05, 3.63) is 12.2 Å². The van der Waals surface area contributed by atoms with Crippen LogP contribution in [0.1, 0.15) is 40.0 Å². The summed E-state index contributed by atoms with van der Waals surface area (Å²) in [6.45, 7) is 9.42. The Hall–Kier alpha value is -0.340. The molecule has 0 aromatic carbocycles. The number of ether oxygens (including phenoxy) is 1. The number of hydrogen-bond acceptors (Lipinski definition) is 2. The summed E-state index contributed by atoms with van der Waals surface area (Å²) in [6.07, 6.45) is 8.45. The summed E-state index contributed by atoms with van der Waals surface area (Å²) in [5, 5.41) is 3.57. The van der Waals surface area contributed by atoms with E-state index in [4.69, 9.17) is 4.74 Å². The first-order valence-corrected chi connectivity index (χ1v) is 6.64. The van der Waals surface area contributed by atoms with Crippen molar-refractivity contribution >= 4 is 0 Å². The fourth-order valence-corrected chi connectivity index (χ4v) is 1.95. The summed E-state index contributed by atoms with van der Waals surface area (Å²) in [5.74, 6) is 1.47. The van der Waals surface area contributed by atoms with E-state index in [2.05, 4.69) is 38.2 Å². The molecule has 0 aliphatic heterocycles. The van der Waals surface area contributed by atoms with Gasteiger partial charge in [-0.15, -0.1) is 0 Å². The molecule has 2 nitrogen and oxygen atoms in total. The molecule has 0 amide bonds. The first-order chi connectivity index (χ1) is 7.68. The summed E-state index contributed by atoms with van der Waals surface area (Å²) in [4.78, 5) is 0. The molecule has 1 N–H and O–H groups in total. The third-order valence-corrected chi connectivity index (χ3v) is 2.95. The van der Waals surface area contributed by atoms with E-state index in [0.717, 1.165) is 25.7 Å². The van der Waals surface area contributed by atoms with Gasteiger partial charge in [0, 0.05) is 12.6 Å². The molecule has 0 bridgehead atoms. The Kier molecular flexibility index (Phi) is 6.74. The highest BCUT2D eigenvalue weighted by atomic mass is 16.5. The smallest absolute Gasteiger partial charge is 0.0617 e. The predicted molar refractivity (Wildman–Crippen MR) is 69.6 cm³/mol. The van der Waals surface area contributed by atoms with Crippen LogP contribution in [0.25, 0.3) is 0 Å². The van der Waals surface area contributed by atoms with Crippen molar-refractivity contribution in [3.8, 4) is 0 Å². The van der Waals surface area contributed by atoms with Crippen LogP contribution in [0, 0.1) is 11.8 Å². The monoisotopic (exact) mass is 225 g/mol. The van der Waals surface area contributed by atoms with Gasteiger partial charge in [-0.3, -0.25) is 0 Å². The second-order valence-electron chi connectivity index (χ2n) is 5.39. The van der Waals surface area contributed by atoms with Crippen LogP contribution in [0.2, 0.25) is 0 Å². The molecule has 2 atom stereocenters. The summed E-state index contributed by atoms with van der Waals surface area (Å²) >= 11 is 0. The van der Waals surface area contributed by atoms with Crippen molar-refractivity contribution < 1.29 is 4.74 Å². The van der Waals surface area contributed by atoms with Crippen LogP contribution < -0.4 is 5.32 Å². The van der Waals surface area contributed by atoms with Gasteiger partial charge in [0.15, 0.2) is 0 Å². The lowest BCUT2D eigenvalue weighted by Gasteiger charge is -2.21. The normalized spacial score (nSPS) is 22.6. The standard InChI is InChI=1S/C14H27NO/c1-12(2)10-16-11-13(3)15-9-14-7-5-4-6-8-14/h4-5,12-15H,6-11H2,1-3H3. The summed E-state index contributed by atoms with van der Waals surface area (Å²) < 4.78 is 5.62. The van der Waals surface area contributed by atoms with E-state index in [9.17, 15) is 0 Å². The van der Waals surface area contributed by atoms with Gasteiger partial charge in [0.1, 0.15) is 0 Å². The van der Waals surface area contributed by atoms with Gasteiger partial charge in [-0.1, -0.05) is 26.0 Å². The van der Waals surface area contributed by atoms with Gasteiger partial charge in [-0.2, -0.15) is 0 Å². The maximum absolute atomic E-state index is 5.62. The molecule has 16 heavy (non-hydrogen) atoms. The van der Waals surface area contributed by atoms with Crippen molar-refractivity contribution in [1.82, 2.24) is 5.32 Å². The van der Waals surface area contributed by atoms with Crippen molar-refractivity contribution in [1.29, 1.82) is 0 Å². The third-order valence-electron chi connectivity index (χ3n) is 2.95. The van der Waals surface area contributed by atoms with Crippen LogP contribution in [0.4, 0.5) is 0 Å². The average Bonchev–Trinajstić information content (AvgIpc) is 2.27. The number of rotatable bonds is 7. The van der Waals surface area contributed by atoms with E-state index in [1.807, 2.05) is 0 Å². The van der Waals surface area contributed by atoms with E-state index in [-0.39, 0.29) is 0 Å². The minimum atomic E-state index is 0.477. The quantitative estimate of drug-likeness (QED) is 0.673. The van der Waals surface area contributed by atoms with Gasteiger partial charge < -0.3 is 10.1 Å². The van der Waals surface area contributed by atoms with Crippen molar-refractivity contribution in [2.45, 2.75) is 46.1 Å². The highest BCUT2D eigenvalue weighted by molar-refractivity contribution is 4.90. The largest absolute Gasteiger partial charge is 0.380 e. The maximum atomic E-state index is 5.62. The Morgan fingerprint density at radius 3 is 2.69 bits per heavy atom. The molecule has 0 saturated heterocycles. The zero-order valence-electron chi connectivity index (χ0n) is 11.0. The minimum Gasteiger partial charge on any atom is -0.380 e. The lowest BCUT2D eigenvalue weighted by molar-refractivity contribution is 0.0927. The lowest BCUT2D eigenvalue weighted by atomic mass is 9.94. The predicted octanol–water partition coefficient (Wildman–Crippen LogP) is 2.99. The number of allylic oxidation sites excluding steroid dienone is 2. The maximum Gasteiger partial charge on any atom is 0.0617 e. The second-order valence-corrected chi connectivity index (χ2v) is 5.39. The molecular weight excluding hydrogens is 198 g/mol. The second kappa shape index (κ2) is 7.86. The average molecular weight is 225 g/mol. The fraction of sp³-hybridized carbons (Fsp3) is 0.857. The van der Waals surface area contributed by atoms with E-state index in [1.165, 1.54) is 19.3 Å². The van der Waals surface area contributed by atoms with E-state index >= 15 is 0 Å². The Bertz CT molecular complexity index is 201. The molecule has 94 valence electrons. The minimum absolute atomic E-state index is 0.477. The third kappa shape index (κ3) is 6.29. The number of hydrogen-bond donors (Lipinski definition) is 1. The topological polar surface area (TPSA) is 21.3 Å². The van der Waals surface area contributed by atoms with E-state index < -0.39 is 0 Å². The highest BCUT2D eigenvalue weighted by Gasteiger charge is 2.11. The van der Waals surface area contributed by atoms with Gasteiger partial charge in [0.05, 0.1) is 6.61 Å². The number of nitrogens with one attached hydrogen (secondary N) is 1. The molecule has 2 heteroatoms. The molecular formula is C14H27NO. The Morgan fingerprint density at radius 1 is 1.25 bits per heavy atom. The molecule has 0 aromatic rings. The van der Waals surface area contributed by atoms with Crippen molar-refractivity contribution in [2.24, 2.45) is 11.8 Å². The molecule has 0 heterocycles. The lowest BCUT2D eigenvalue weighted by Crippen LogP contribution is -2.35. The Morgan fingerprint density at radius 2 is 2.06 bits per heavy atom. The molecule has 1 rings (SSSR count). The molecule has 1 aliphatic carbocycles. The van der Waals surface area contributed by atoms with Crippen LogP contribution in [0.3, 0.4) is 0 Å². The molecule has 2 unspecified atom stereocenters. The zero-order chi connectivity index (χ0) is 11.8. The van der Waals surface area contributed by atoms with Gasteiger partial charge in [0.25, 0.3) is 0 Å². The van der Waals surface area contributed by atoms with E-state index in [1.54, 1.807) is 0 Å². The molecule has 1 aliphatic rings. The molecule has 0 aromatic heterocycles. The highest BCUT2D eigenvalue weighted by Crippen LogP contribution is 2.16. The van der Waals surface area contributed by atoms with Gasteiger partial charge in [0.2, 0.25) is 0 Å². The van der Waals surface area contributed by atoms with Crippen LogP contribution in [0.5, 0.6) is 0 Å².